The lowest BCUT2D eigenvalue weighted by molar-refractivity contribution is -0.122. The third-order valence-electron chi connectivity index (χ3n) is 4.50. The summed E-state index contributed by atoms with van der Waals surface area (Å²) in [5.41, 5.74) is 2.12. The number of hydrogen-bond acceptors (Lipinski definition) is 3. The zero-order valence-corrected chi connectivity index (χ0v) is 20.0. The molecule has 3 aromatic rings. The Kier molecular flexibility index (Phi) is 7.91. The third-order valence-corrected chi connectivity index (χ3v) is 5.55. The van der Waals surface area contributed by atoms with E-state index in [9.17, 15) is 9.59 Å². The molecular formula is C23H18Cl4N2O3. The summed E-state index contributed by atoms with van der Waals surface area (Å²) < 4.78 is 5.69. The van der Waals surface area contributed by atoms with Crippen molar-refractivity contribution in [3.63, 3.8) is 0 Å². The van der Waals surface area contributed by atoms with Gasteiger partial charge >= 0.3 is 0 Å². The van der Waals surface area contributed by atoms with E-state index >= 15 is 0 Å². The van der Waals surface area contributed by atoms with Crippen LogP contribution in [0.4, 0.5) is 11.4 Å². The first-order chi connectivity index (χ1) is 15.1. The summed E-state index contributed by atoms with van der Waals surface area (Å²) >= 11 is 24.1. The molecule has 0 bridgehead atoms. The molecule has 0 heterocycles. The Labute approximate surface area is 205 Å². The molecule has 1 unspecified atom stereocenters. The van der Waals surface area contributed by atoms with Crippen molar-refractivity contribution in [1.29, 1.82) is 0 Å². The molecule has 0 aliphatic rings. The first kappa shape index (κ1) is 24.2. The molecule has 0 aliphatic carbocycles. The van der Waals surface area contributed by atoms with Crippen LogP contribution in [-0.2, 0) is 4.79 Å². The minimum atomic E-state index is -0.778. The van der Waals surface area contributed by atoms with E-state index in [4.69, 9.17) is 51.1 Å². The molecule has 32 heavy (non-hydrogen) atoms. The van der Waals surface area contributed by atoms with Crippen LogP contribution in [0, 0.1) is 6.92 Å². The lowest BCUT2D eigenvalue weighted by Gasteiger charge is -2.16. The van der Waals surface area contributed by atoms with Gasteiger partial charge in [0.1, 0.15) is 5.75 Å². The molecule has 0 aromatic heterocycles. The van der Waals surface area contributed by atoms with E-state index in [0.717, 1.165) is 5.56 Å². The molecule has 0 saturated heterocycles. The molecule has 9 heteroatoms. The molecule has 5 nitrogen and oxygen atoms in total. The monoisotopic (exact) mass is 510 g/mol. The SMILES string of the molecule is Cc1ccc(Cl)cc1NC(=O)C(C)Oc1ccc(C(=O)Nc2c(Cl)cc(Cl)cc2Cl)cc1. The fourth-order valence-corrected chi connectivity index (χ4v) is 3.84. The molecular weight excluding hydrogens is 494 g/mol. The number of hydrogen-bond donors (Lipinski definition) is 2. The van der Waals surface area contributed by atoms with E-state index in [1.54, 1.807) is 43.3 Å². The second-order valence-corrected chi connectivity index (χ2v) is 8.62. The summed E-state index contributed by atoms with van der Waals surface area (Å²) in [6.45, 7) is 3.49. The topological polar surface area (TPSA) is 67.4 Å². The van der Waals surface area contributed by atoms with Crippen molar-refractivity contribution < 1.29 is 14.3 Å². The first-order valence-electron chi connectivity index (χ1n) is 9.43. The molecule has 3 rings (SSSR count). The Morgan fingerprint density at radius 1 is 0.844 bits per heavy atom. The van der Waals surface area contributed by atoms with Gasteiger partial charge in [0.15, 0.2) is 6.10 Å². The van der Waals surface area contributed by atoms with Crippen molar-refractivity contribution in [2.24, 2.45) is 0 Å². The van der Waals surface area contributed by atoms with Gasteiger partial charge in [-0.15, -0.1) is 0 Å². The van der Waals surface area contributed by atoms with Gasteiger partial charge in [-0.3, -0.25) is 9.59 Å². The molecule has 2 N–H and O–H groups in total. The Morgan fingerprint density at radius 2 is 1.47 bits per heavy atom. The van der Waals surface area contributed by atoms with Crippen LogP contribution in [-0.4, -0.2) is 17.9 Å². The summed E-state index contributed by atoms with van der Waals surface area (Å²) in [4.78, 5) is 25.0. The van der Waals surface area contributed by atoms with Crippen LogP contribution in [0.5, 0.6) is 5.75 Å². The number of rotatable bonds is 6. The van der Waals surface area contributed by atoms with Gasteiger partial charge in [-0.25, -0.2) is 0 Å². The van der Waals surface area contributed by atoms with Gasteiger partial charge in [0.05, 0.1) is 15.7 Å². The molecule has 0 radical (unpaired) electrons. The maximum atomic E-state index is 12.5. The summed E-state index contributed by atoms with van der Waals surface area (Å²) in [6.07, 6.45) is -0.778. The lowest BCUT2D eigenvalue weighted by atomic mass is 10.2. The number of carbonyl (C=O) groups is 2. The van der Waals surface area contributed by atoms with Gasteiger partial charge in [-0.2, -0.15) is 0 Å². The highest BCUT2D eigenvalue weighted by Gasteiger charge is 2.17. The average molecular weight is 512 g/mol. The van der Waals surface area contributed by atoms with Crippen molar-refractivity contribution in [2.45, 2.75) is 20.0 Å². The van der Waals surface area contributed by atoms with Gasteiger partial charge in [-0.05, 0) is 67.9 Å². The second kappa shape index (κ2) is 10.5. The zero-order valence-electron chi connectivity index (χ0n) is 17.0. The average Bonchev–Trinajstić information content (AvgIpc) is 2.73. The largest absolute Gasteiger partial charge is 0.481 e. The van der Waals surface area contributed by atoms with Crippen LogP contribution in [0.3, 0.4) is 0 Å². The minimum Gasteiger partial charge on any atom is -0.481 e. The minimum absolute atomic E-state index is 0.227. The van der Waals surface area contributed by atoms with Gasteiger partial charge in [0.25, 0.3) is 11.8 Å². The normalized spacial score (nSPS) is 11.6. The van der Waals surface area contributed by atoms with Gasteiger partial charge < -0.3 is 15.4 Å². The van der Waals surface area contributed by atoms with Crippen LogP contribution < -0.4 is 15.4 Å². The number of aryl methyl sites for hydroxylation is 1. The Bertz CT molecular complexity index is 1140. The fraction of sp³-hybridized carbons (Fsp3) is 0.130. The molecule has 0 spiro atoms. The second-order valence-electron chi connectivity index (χ2n) is 6.93. The quantitative estimate of drug-likeness (QED) is 0.365. The van der Waals surface area contributed by atoms with Crippen molar-refractivity contribution in [3.05, 3.63) is 85.8 Å². The van der Waals surface area contributed by atoms with Gasteiger partial charge in [0, 0.05) is 21.3 Å². The van der Waals surface area contributed by atoms with Crippen molar-refractivity contribution in [1.82, 2.24) is 0 Å². The fourth-order valence-electron chi connectivity index (χ4n) is 2.75. The van der Waals surface area contributed by atoms with Crippen LogP contribution in [0.15, 0.2) is 54.6 Å². The summed E-state index contributed by atoms with van der Waals surface area (Å²) in [7, 11) is 0. The van der Waals surface area contributed by atoms with E-state index in [2.05, 4.69) is 10.6 Å². The van der Waals surface area contributed by atoms with E-state index in [1.165, 1.54) is 12.1 Å². The van der Waals surface area contributed by atoms with Gasteiger partial charge in [-0.1, -0.05) is 52.5 Å². The molecule has 2 amide bonds. The van der Waals surface area contributed by atoms with Gasteiger partial charge in [0.2, 0.25) is 0 Å². The van der Waals surface area contributed by atoms with Crippen LogP contribution in [0.25, 0.3) is 0 Å². The molecule has 0 fully saturated rings. The van der Waals surface area contributed by atoms with Crippen LogP contribution in [0.1, 0.15) is 22.8 Å². The standard InChI is InChI=1S/C23H18Cl4N2O3/c1-12-3-6-15(24)11-20(12)28-22(30)13(2)32-17-7-4-14(5-8-17)23(31)29-21-18(26)9-16(25)10-19(21)27/h3-11,13H,1-2H3,(H,28,30)(H,29,31). The number of halogens is 4. The van der Waals surface area contributed by atoms with Crippen LogP contribution >= 0.6 is 46.4 Å². The maximum absolute atomic E-state index is 12.5. The van der Waals surface area contributed by atoms with E-state index in [-0.39, 0.29) is 21.6 Å². The predicted molar refractivity (Wildman–Crippen MR) is 131 cm³/mol. The summed E-state index contributed by atoms with van der Waals surface area (Å²) in [5, 5.41) is 6.80. The number of carbonyl (C=O) groups excluding carboxylic acids is 2. The van der Waals surface area contributed by atoms with Crippen molar-refractivity contribution >= 4 is 69.6 Å². The maximum Gasteiger partial charge on any atom is 0.265 e. The highest BCUT2D eigenvalue weighted by atomic mass is 35.5. The molecule has 1 atom stereocenters. The number of anilines is 2. The highest BCUT2D eigenvalue weighted by molar-refractivity contribution is 6.42. The molecule has 0 saturated carbocycles. The lowest BCUT2D eigenvalue weighted by Crippen LogP contribution is -2.30. The number of nitrogens with one attached hydrogen (secondary N) is 2. The smallest absolute Gasteiger partial charge is 0.265 e. The Hall–Kier alpha value is -2.44. The third kappa shape index (κ3) is 6.08. The zero-order chi connectivity index (χ0) is 23.4. The highest BCUT2D eigenvalue weighted by Crippen LogP contribution is 2.34. The van der Waals surface area contributed by atoms with E-state index in [0.29, 0.717) is 27.0 Å². The Balaban J connectivity index is 1.63. The summed E-state index contributed by atoms with van der Waals surface area (Å²) in [5.74, 6) is -0.316. The number of benzene rings is 3. The Morgan fingerprint density at radius 3 is 2.09 bits per heavy atom. The molecule has 0 aliphatic heterocycles. The first-order valence-corrected chi connectivity index (χ1v) is 10.9. The van der Waals surface area contributed by atoms with Crippen molar-refractivity contribution in [2.75, 3.05) is 10.6 Å². The molecule has 3 aromatic carbocycles. The summed E-state index contributed by atoms with van der Waals surface area (Å²) in [6, 6.07) is 14.5. The van der Waals surface area contributed by atoms with E-state index in [1.807, 2.05) is 13.0 Å². The van der Waals surface area contributed by atoms with Crippen LogP contribution in [0.2, 0.25) is 20.1 Å². The number of ether oxygens (including phenoxy) is 1. The van der Waals surface area contributed by atoms with E-state index < -0.39 is 12.0 Å². The molecule has 166 valence electrons. The predicted octanol–water partition coefficient (Wildman–Crippen LogP) is 7.27. The number of amides is 2. The van der Waals surface area contributed by atoms with Crippen molar-refractivity contribution in [3.8, 4) is 5.75 Å².